The molecule has 0 N–H and O–H groups in total. The molecule has 1 unspecified atom stereocenters. The van der Waals surface area contributed by atoms with Gasteiger partial charge in [-0.2, -0.15) is 12.6 Å². The van der Waals surface area contributed by atoms with Crippen molar-refractivity contribution in [3.63, 3.8) is 0 Å². The molecule has 1 atom stereocenters. The Kier molecular flexibility index (Phi) is 5.38. The molecule has 0 aromatic carbocycles. The van der Waals surface area contributed by atoms with Crippen molar-refractivity contribution in [3.05, 3.63) is 0 Å². The van der Waals surface area contributed by atoms with Gasteiger partial charge in [-0.3, -0.25) is 4.79 Å². The van der Waals surface area contributed by atoms with Crippen LogP contribution in [0, 0.1) is 11.8 Å². The fourth-order valence-corrected chi connectivity index (χ4v) is 0.681. The van der Waals surface area contributed by atoms with Crippen LogP contribution in [0.2, 0.25) is 0 Å². The lowest BCUT2D eigenvalue weighted by Crippen LogP contribution is -2.24. The van der Waals surface area contributed by atoms with Crippen LogP contribution in [0.1, 0.15) is 27.7 Å². The number of hydrogen-bond acceptors (Lipinski definition) is 3. The monoisotopic (exact) mass is 190 g/mol. The minimum atomic E-state index is -0.288. The van der Waals surface area contributed by atoms with Gasteiger partial charge in [0.05, 0.1) is 6.61 Å². The third-order valence-corrected chi connectivity index (χ3v) is 2.24. The van der Waals surface area contributed by atoms with E-state index < -0.39 is 0 Å². The Labute approximate surface area is 80.1 Å². The summed E-state index contributed by atoms with van der Waals surface area (Å²) in [6.45, 7) is 8.41. The molecule has 0 spiro atoms. The summed E-state index contributed by atoms with van der Waals surface area (Å²) in [5.41, 5.74) is 0. The van der Waals surface area contributed by atoms with Crippen LogP contribution in [-0.4, -0.2) is 17.8 Å². The average molecular weight is 190 g/mol. The zero-order valence-electron chi connectivity index (χ0n) is 8.20. The minimum Gasteiger partial charge on any atom is -0.465 e. The third kappa shape index (κ3) is 4.65. The van der Waals surface area contributed by atoms with E-state index in [2.05, 4.69) is 12.6 Å². The van der Waals surface area contributed by atoms with Gasteiger partial charge in [-0.15, -0.1) is 0 Å². The molecule has 0 saturated carbocycles. The zero-order valence-corrected chi connectivity index (χ0v) is 9.10. The van der Waals surface area contributed by atoms with E-state index in [-0.39, 0.29) is 17.1 Å². The topological polar surface area (TPSA) is 26.3 Å². The lowest BCUT2D eigenvalue weighted by atomic mass is 10.1. The van der Waals surface area contributed by atoms with Crippen LogP contribution in [-0.2, 0) is 9.53 Å². The molecule has 72 valence electrons. The van der Waals surface area contributed by atoms with E-state index in [4.69, 9.17) is 4.74 Å². The first-order valence-corrected chi connectivity index (χ1v) is 4.81. The smallest absolute Gasteiger partial charge is 0.319 e. The van der Waals surface area contributed by atoms with E-state index >= 15 is 0 Å². The second-order valence-electron chi connectivity index (χ2n) is 3.71. The van der Waals surface area contributed by atoms with Gasteiger partial charge in [0.25, 0.3) is 0 Å². The van der Waals surface area contributed by atoms with Crippen molar-refractivity contribution in [1.29, 1.82) is 0 Å². The zero-order chi connectivity index (χ0) is 9.72. The predicted molar refractivity (Wildman–Crippen MR) is 53.4 cm³/mol. The highest BCUT2D eigenvalue weighted by molar-refractivity contribution is 7.81. The molecule has 0 fully saturated rings. The standard InChI is InChI=1S/C9H18O2S/c1-6(2)5-11-9(10)8(12)7(3)4/h6-8,12H,5H2,1-4H3. The largest absolute Gasteiger partial charge is 0.465 e. The van der Waals surface area contributed by atoms with Crippen LogP contribution in [0.5, 0.6) is 0 Å². The molecule has 0 amide bonds. The summed E-state index contributed by atoms with van der Waals surface area (Å²) in [6.07, 6.45) is 0. The summed E-state index contributed by atoms with van der Waals surface area (Å²) in [7, 11) is 0. The highest BCUT2D eigenvalue weighted by atomic mass is 32.1. The maximum absolute atomic E-state index is 11.2. The Morgan fingerprint density at radius 1 is 1.33 bits per heavy atom. The van der Waals surface area contributed by atoms with Crippen molar-refractivity contribution >= 4 is 18.6 Å². The number of hydrogen-bond donors (Lipinski definition) is 1. The van der Waals surface area contributed by atoms with E-state index in [0.717, 1.165) is 0 Å². The van der Waals surface area contributed by atoms with E-state index in [1.54, 1.807) is 0 Å². The third-order valence-electron chi connectivity index (χ3n) is 1.43. The van der Waals surface area contributed by atoms with E-state index in [1.807, 2.05) is 27.7 Å². The fourth-order valence-electron chi connectivity index (χ4n) is 0.606. The molecule has 0 aromatic heterocycles. The second kappa shape index (κ2) is 5.46. The van der Waals surface area contributed by atoms with Gasteiger partial charge >= 0.3 is 5.97 Å². The summed E-state index contributed by atoms with van der Waals surface area (Å²) in [5.74, 6) is 0.414. The second-order valence-corrected chi connectivity index (χ2v) is 4.27. The molecule has 0 rings (SSSR count). The first-order chi connectivity index (χ1) is 5.45. The van der Waals surface area contributed by atoms with Gasteiger partial charge in [0.1, 0.15) is 5.25 Å². The predicted octanol–water partition coefficient (Wildman–Crippen LogP) is 2.14. The van der Waals surface area contributed by atoms with Gasteiger partial charge in [0, 0.05) is 0 Å². The number of esters is 1. The van der Waals surface area contributed by atoms with Crippen molar-refractivity contribution in [2.75, 3.05) is 6.61 Å². The van der Waals surface area contributed by atoms with Crippen molar-refractivity contribution in [3.8, 4) is 0 Å². The molecule has 0 heterocycles. The van der Waals surface area contributed by atoms with Crippen LogP contribution in [0.3, 0.4) is 0 Å². The Morgan fingerprint density at radius 2 is 1.83 bits per heavy atom. The molecule has 0 aliphatic carbocycles. The quantitative estimate of drug-likeness (QED) is 0.543. The molecule has 12 heavy (non-hydrogen) atoms. The Morgan fingerprint density at radius 3 is 2.17 bits per heavy atom. The maximum Gasteiger partial charge on any atom is 0.319 e. The Balaban J connectivity index is 3.72. The van der Waals surface area contributed by atoms with E-state index in [0.29, 0.717) is 12.5 Å². The number of thiol groups is 1. The van der Waals surface area contributed by atoms with Crippen molar-refractivity contribution < 1.29 is 9.53 Å². The Bertz CT molecular complexity index is 143. The van der Waals surface area contributed by atoms with Crippen molar-refractivity contribution in [1.82, 2.24) is 0 Å². The van der Waals surface area contributed by atoms with Crippen molar-refractivity contribution in [2.24, 2.45) is 11.8 Å². The van der Waals surface area contributed by atoms with Crippen molar-refractivity contribution in [2.45, 2.75) is 32.9 Å². The molecule has 0 radical (unpaired) electrons. The summed E-state index contributed by atoms with van der Waals surface area (Å²) >= 11 is 4.15. The van der Waals surface area contributed by atoms with Gasteiger partial charge in [0.15, 0.2) is 0 Å². The molecule has 0 aliphatic rings. The van der Waals surface area contributed by atoms with Crippen LogP contribution < -0.4 is 0 Å². The molecular formula is C9H18O2S. The normalized spacial score (nSPS) is 13.6. The van der Waals surface area contributed by atoms with Crippen LogP contribution >= 0.6 is 12.6 Å². The lowest BCUT2D eigenvalue weighted by molar-refractivity contribution is -0.144. The van der Waals surface area contributed by atoms with E-state index in [9.17, 15) is 4.79 Å². The number of rotatable bonds is 4. The van der Waals surface area contributed by atoms with Gasteiger partial charge < -0.3 is 4.74 Å². The maximum atomic E-state index is 11.2. The van der Waals surface area contributed by atoms with Crippen LogP contribution in [0.15, 0.2) is 0 Å². The molecule has 0 aliphatic heterocycles. The first kappa shape index (κ1) is 11.8. The molecule has 0 bridgehead atoms. The van der Waals surface area contributed by atoms with Crippen LogP contribution in [0.4, 0.5) is 0 Å². The van der Waals surface area contributed by atoms with Gasteiger partial charge in [-0.1, -0.05) is 27.7 Å². The summed E-state index contributed by atoms with van der Waals surface area (Å²) in [5, 5.41) is -0.288. The summed E-state index contributed by atoms with van der Waals surface area (Å²) in [4.78, 5) is 11.2. The SMILES string of the molecule is CC(C)COC(=O)C(S)C(C)C. The molecule has 0 saturated heterocycles. The van der Waals surface area contributed by atoms with Gasteiger partial charge in [-0.05, 0) is 11.8 Å². The highest BCUT2D eigenvalue weighted by Gasteiger charge is 2.19. The molecule has 2 nitrogen and oxygen atoms in total. The van der Waals surface area contributed by atoms with Gasteiger partial charge in [0.2, 0.25) is 0 Å². The number of carbonyl (C=O) groups excluding carboxylic acids is 1. The number of ether oxygens (including phenoxy) is 1. The summed E-state index contributed by atoms with van der Waals surface area (Å²) < 4.78 is 5.01. The van der Waals surface area contributed by atoms with Gasteiger partial charge in [-0.25, -0.2) is 0 Å². The molecule has 3 heteroatoms. The number of carbonyl (C=O) groups is 1. The first-order valence-electron chi connectivity index (χ1n) is 4.29. The minimum absolute atomic E-state index is 0.206. The lowest BCUT2D eigenvalue weighted by Gasteiger charge is -2.14. The molecular weight excluding hydrogens is 172 g/mol. The Hall–Kier alpha value is -0.180. The summed E-state index contributed by atoms with van der Waals surface area (Å²) in [6, 6.07) is 0. The highest BCUT2D eigenvalue weighted by Crippen LogP contribution is 2.11. The average Bonchev–Trinajstić information content (AvgIpc) is 1.98. The van der Waals surface area contributed by atoms with E-state index in [1.165, 1.54) is 0 Å². The molecule has 0 aromatic rings. The van der Waals surface area contributed by atoms with Crippen LogP contribution in [0.25, 0.3) is 0 Å². The fraction of sp³-hybridized carbons (Fsp3) is 0.889.